The molecule has 1 aliphatic heterocycles. The summed E-state index contributed by atoms with van der Waals surface area (Å²) in [6, 6.07) is 14.2. The molecule has 8 nitrogen and oxygen atoms in total. The number of carbonyl (C=O) groups excluding carboxylic acids is 1. The van der Waals surface area contributed by atoms with E-state index in [0.29, 0.717) is 17.6 Å². The van der Waals surface area contributed by atoms with Crippen molar-refractivity contribution >= 4 is 34.8 Å². The van der Waals surface area contributed by atoms with Crippen molar-refractivity contribution in [1.82, 2.24) is 25.3 Å². The van der Waals surface area contributed by atoms with Crippen LogP contribution in [0.2, 0.25) is 0 Å². The molecular weight excluding hydrogens is 465 g/mol. The van der Waals surface area contributed by atoms with Crippen LogP contribution in [0.3, 0.4) is 0 Å². The van der Waals surface area contributed by atoms with Gasteiger partial charge < -0.3 is 15.5 Å². The standard InChI is InChI=1S/C25H24FN7OS/c1-27-22(34)18-11-19(26)13-20(12-18)30-24-28-15-29-25(32-24)33-9-7-17(8-10-33)23-31-21(14-35-23)16-5-3-2-4-6-16/h2-6,11-15,17H,7-10H2,1H3,(H,27,34)(H,28,29,30,32). The van der Waals surface area contributed by atoms with Crippen LogP contribution in [0.15, 0.2) is 60.2 Å². The van der Waals surface area contributed by atoms with Gasteiger partial charge in [-0.1, -0.05) is 30.3 Å². The van der Waals surface area contributed by atoms with E-state index in [0.717, 1.165) is 37.2 Å². The van der Waals surface area contributed by atoms with Gasteiger partial charge in [0.15, 0.2) is 0 Å². The van der Waals surface area contributed by atoms with Gasteiger partial charge >= 0.3 is 0 Å². The average molecular weight is 490 g/mol. The van der Waals surface area contributed by atoms with E-state index in [1.54, 1.807) is 17.4 Å². The predicted octanol–water partition coefficient (Wildman–Crippen LogP) is 4.62. The van der Waals surface area contributed by atoms with Crippen molar-refractivity contribution in [2.45, 2.75) is 18.8 Å². The quantitative estimate of drug-likeness (QED) is 0.408. The largest absolute Gasteiger partial charge is 0.355 e. The number of hydrogen-bond donors (Lipinski definition) is 2. The van der Waals surface area contributed by atoms with E-state index in [4.69, 9.17) is 4.98 Å². The molecule has 2 aromatic heterocycles. The van der Waals surface area contributed by atoms with Crippen molar-refractivity contribution in [1.29, 1.82) is 0 Å². The molecule has 1 amide bonds. The average Bonchev–Trinajstić information content (AvgIpc) is 3.39. The maximum absolute atomic E-state index is 14.0. The van der Waals surface area contributed by atoms with Gasteiger partial charge in [0.2, 0.25) is 11.9 Å². The molecule has 3 heterocycles. The highest BCUT2D eigenvalue weighted by molar-refractivity contribution is 7.10. The number of amides is 1. The van der Waals surface area contributed by atoms with E-state index in [2.05, 4.69) is 48.0 Å². The molecule has 1 fully saturated rings. The van der Waals surface area contributed by atoms with Crippen molar-refractivity contribution in [3.8, 4) is 11.3 Å². The van der Waals surface area contributed by atoms with Gasteiger partial charge in [-0.3, -0.25) is 4.79 Å². The minimum absolute atomic E-state index is 0.212. The third-order valence-corrected chi connectivity index (χ3v) is 6.93. The van der Waals surface area contributed by atoms with Crippen molar-refractivity contribution in [3.05, 3.63) is 76.6 Å². The fourth-order valence-electron chi connectivity index (χ4n) is 4.11. The molecule has 0 bridgehead atoms. The lowest BCUT2D eigenvalue weighted by molar-refractivity contribution is 0.0962. The van der Waals surface area contributed by atoms with Crippen LogP contribution in [-0.2, 0) is 0 Å². The molecule has 1 saturated heterocycles. The molecule has 4 aromatic rings. The van der Waals surface area contributed by atoms with E-state index >= 15 is 0 Å². The number of piperidine rings is 1. The van der Waals surface area contributed by atoms with E-state index in [1.165, 1.54) is 30.5 Å². The molecule has 0 atom stereocenters. The highest BCUT2D eigenvalue weighted by Gasteiger charge is 2.25. The van der Waals surface area contributed by atoms with Gasteiger partial charge in [-0.05, 0) is 31.0 Å². The number of rotatable bonds is 6. The van der Waals surface area contributed by atoms with Crippen LogP contribution in [0.1, 0.15) is 34.1 Å². The monoisotopic (exact) mass is 489 g/mol. The Morgan fingerprint density at radius 3 is 2.66 bits per heavy atom. The molecule has 0 saturated carbocycles. The fourth-order valence-corrected chi connectivity index (χ4v) is 5.11. The third kappa shape index (κ3) is 5.27. The number of benzene rings is 2. The molecule has 0 spiro atoms. The number of nitrogens with one attached hydrogen (secondary N) is 2. The first-order valence-electron chi connectivity index (χ1n) is 11.3. The zero-order chi connectivity index (χ0) is 24.2. The number of hydrogen-bond acceptors (Lipinski definition) is 8. The Morgan fingerprint density at radius 1 is 1.09 bits per heavy atom. The van der Waals surface area contributed by atoms with E-state index in [9.17, 15) is 9.18 Å². The summed E-state index contributed by atoms with van der Waals surface area (Å²) in [7, 11) is 1.50. The number of carbonyl (C=O) groups is 1. The summed E-state index contributed by atoms with van der Waals surface area (Å²) < 4.78 is 14.0. The van der Waals surface area contributed by atoms with E-state index < -0.39 is 5.82 Å². The zero-order valence-corrected chi connectivity index (χ0v) is 19.9. The predicted molar refractivity (Wildman–Crippen MR) is 135 cm³/mol. The lowest BCUT2D eigenvalue weighted by atomic mass is 9.98. The second kappa shape index (κ2) is 10.1. The molecule has 5 rings (SSSR count). The topological polar surface area (TPSA) is 95.9 Å². The Bertz CT molecular complexity index is 1320. The number of thiazole rings is 1. The molecule has 2 N–H and O–H groups in total. The maximum atomic E-state index is 14.0. The Hall–Kier alpha value is -3.92. The van der Waals surface area contributed by atoms with Gasteiger partial charge in [0.25, 0.3) is 5.91 Å². The van der Waals surface area contributed by atoms with Gasteiger partial charge in [0.1, 0.15) is 12.1 Å². The first-order valence-corrected chi connectivity index (χ1v) is 12.2. The first-order chi connectivity index (χ1) is 17.1. The number of halogens is 1. The van der Waals surface area contributed by atoms with Crippen LogP contribution in [0.25, 0.3) is 11.3 Å². The minimum Gasteiger partial charge on any atom is -0.355 e. The molecule has 178 valence electrons. The second-order valence-corrected chi connectivity index (χ2v) is 9.13. The number of aromatic nitrogens is 4. The SMILES string of the molecule is CNC(=O)c1cc(F)cc(Nc2ncnc(N3CCC(c4nc(-c5ccccc5)cs4)CC3)n2)c1. The van der Waals surface area contributed by atoms with Gasteiger partial charge in [-0.15, -0.1) is 11.3 Å². The molecule has 0 unspecified atom stereocenters. The molecule has 0 aliphatic carbocycles. The van der Waals surface area contributed by atoms with Crippen molar-refractivity contribution < 1.29 is 9.18 Å². The Morgan fingerprint density at radius 2 is 1.89 bits per heavy atom. The van der Waals surface area contributed by atoms with Crippen molar-refractivity contribution in [2.24, 2.45) is 0 Å². The Balaban J connectivity index is 1.24. The highest BCUT2D eigenvalue weighted by atomic mass is 32.1. The normalized spacial score (nSPS) is 14.1. The summed E-state index contributed by atoms with van der Waals surface area (Å²) in [4.78, 5) is 31.9. The van der Waals surface area contributed by atoms with Crippen LogP contribution in [0.4, 0.5) is 22.0 Å². The van der Waals surface area contributed by atoms with Gasteiger partial charge in [-0.25, -0.2) is 19.3 Å². The Kier molecular flexibility index (Phi) is 6.62. The molecule has 35 heavy (non-hydrogen) atoms. The molecule has 10 heteroatoms. The molecule has 1 aliphatic rings. The van der Waals surface area contributed by atoms with Gasteiger partial charge in [0, 0.05) is 48.2 Å². The van der Waals surface area contributed by atoms with Crippen molar-refractivity contribution in [2.75, 3.05) is 30.4 Å². The van der Waals surface area contributed by atoms with E-state index in [1.807, 2.05) is 18.2 Å². The van der Waals surface area contributed by atoms with Crippen LogP contribution >= 0.6 is 11.3 Å². The summed E-state index contributed by atoms with van der Waals surface area (Å²) in [6.45, 7) is 1.60. The fraction of sp³-hybridized carbons (Fsp3) is 0.240. The first kappa shape index (κ1) is 22.9. The summed E-state index contributed by atoms with van der Waals surface area (Å²) in [5, 5.41) is 8.77. The maximum Gasteiger partial charge on any atom is 0.251 e. The molecular formula is C25H24FN7OS. The molecule has 0 radical (unpaired) electrons. The van der Waals surface area contributed by atoms with Crippen molar-refractivity contribution in [3.63, 3.8) is 0 Å². The minimum atomic E-state index is -0.525. The number of anilines is 3. The lowest BCUT2D eigenvalue weighted by Crippen LogP contribution is -2.34. The molecule has 2 aromatic carbocycles. The van der Waals surface area contributed by atoms with Gasteiger partial charge in [-0.2, -0.15) is 4.98 Å². The summed E-state index contributed by atoms with van der Waals surface area (Å²) >= 11 is 1.72. The van der Waals surface area contributed by atoms with Gasteiger partial charge in [0.05, 0.1) is 10.7 Å². The lowest BCUT2D eigenvalue weighted by Gasteiger charge is -2.31. The zero-order valence-electron chi connectivity index (χ0n) is 19.1. The van der Waals surface area contributed by atoms with Crippen LogP contribution in [0.5, 0.6) is 0 Å². The van der Waals surface area contributed by atoms with Crippen LogP contribution < -0.4 is 15.5 Å². The highest BCUT2D eigenvalue weighted by Crippen LogP contribution is 2.33. The summed E-state index contributed by atoms with van der Waals surface area (Å²) in [6.07, 6.45) is 3.34. The van der Waals surface area contributed by atoms with Crippen LogP contribution in [0, 0.1) is 5.82 Å². The second-order valence-electron chi connectivity index (χ2n) is 8.24. The third-order valence-electron chi connectivity index (χ3n) is 5.92. The van der Waals surface area contributed by atoms with E-state index in [-0.39, 0.29) is 17.4 Å². The van der Waals surface area contributed by atoms with Crippen LogP contribution in [-0.4, -0.2) is 46.0 Å². The smallest absolute Gasteiger partial charge is 0.251 e. The Labute approximate surface area is 206 Å². The summed E-state index contributed by atoms with van der Waals surface area (Å²) in [5.41, 5.74) is 2.76. The summed E-state index contributed by atoms with van der Waals surface area (Å²) in [5.74, 6) is 0.361. The number of nitrogens with zero attached hydrogens (tertiary/aromatic N) is 5.